The van der Waals surface area contributed by atoms with E-state index in [9.17, 15) is 28.9 Å². The number of aliphatic hydroxyl groups excluding tert-OH is 3. The normalized spacial score (nSPS) is 18.1. The molecule has 1 saturated carbocycles. The Morgan fingerprint density at radius 3 is 2.49 bits per heavy atom. The van der Waals surface area contributed by atoms with E-state index in [4.69, 9.17) is 0 Å². The van der Waals surface area contributed by atoms with E-state index in [1.165, 1.54) is 12.1 Å². The van der Waals surface area contributed by atoms with Crippen molar-refractivity contribution in [2.45, 2.75) is 62.9 Å². The third-order valence-corrected chi connectivity index (χ3v) is 7.53. The topological polar surface area (TPSA) is 101 Å². The Kier molecular flexibility index (Phi) is 5.84. The molecule has 7 nitrogen and oxygen atoms in total. The van der Waals surface area contributed by atoms with Gasteiger partial charge in [0.25, 0.3) is 0 Å². The van der Waals surface area contributed by atoms with Crippen LogP contribution in [0.3, 0.4) is 0 Å². The highest BCUT2D eigenvalue weighted by atomic mass is 19.3. The molecule has 5 rings (SSSR count). The Hall–Kier alpha value is -3.43. The molecule has 0 saturated heterocycles. The number of ketones is 1. The summed E-state index contributed by atoms with van der Waals surface area (Å²) in [4.78, 5) is 13.4. The van der Waals surface area contributed by atoms with Gasteiger partial charge in [-0.2, -0.15) is 0 Å². The van der Waals surface area contributed by atoms with Gasteiger partial charge < -0.3 is 29.4 Å². The number of hydrogen-bond donors (Lipinski definition) is 3. The second-order valence-corrected chi connectivity index (χ2v) is 10.5. The fourth-order valence-corrected chi connectivity index (χ4v) is 5.02. The first-order chi connectivity index (χ1) is 17.4. The molecule has 37 heavy (non-hydrogen) atoms. The predicted molar refractivity (Wildman–Crippen MR) is 132 cm³/mol. The number of carbonyl (C=O) groups excluding carboxylic acids is 1. The quantitative estimate of drug-likeness (QED) is 0.364. The number of halogens is 2. The van der Waals surface area contributed by atoms with Crippen LogP contribution in [0.1, 0.15) is 43.5 Å². The van der Waals surface area contributed by atoms with E-state index in [1.54, 1.807) is 6.07 Å². The van der Waals surface area contributed by atoms with Crippen LogP contribution in [-0.4, -0.2) is 44.7 Å². The lowest BCUT2D eigenvalue weighted by atomic mass is 9.87. The van der Waals surface area contributed by atoms with E-state index in [-0.39, 0.29) is 36.0 Å². The average Bonchev–Trinajstić information content (AvgIpc) is 3.48. The summed E-state index contributed by atoms with van der Waals surface area (Å²) in [7, 11) is 0. The maximum atomic E-state index is 13.4. The van der Waals surface area contributed by atoms with Crippen LogP contribution in [0.2, 0.25) is 0 Å². The highest BCUT2D eigenvalue weighted by molar-refractivity contribution is 5.95. The van der Waals surface area contributed by atoms with E-state index in [1.807, 2.05) is 42.7 Å². The number of benzene rings is 2. The molecule has 0 bridgehead atoms. The molecule has 1 unspecified atom stereocenters. The Balaban J connectivity index is 1.44. The van der Waals surface area contributed by atoms with Gasteiger partial charge in [-0.3, -0.25) is 4.79 Å². The van der Waals surface area contributed by atoms with Crippen molar-refractivity contribution in [2.24, 2.45) is 0 Å². The van der Waals surface area contributed by atoms with Crippen molar-refractivity contribution in [2.75, 3.05) is 6.61 Å². The molecule has 196 valence electrons. The van der Waals surface area contributed by atoms with E-state index in [2.05, 4.69) is 16.1 Å². The zero-order valence-corrected chi connectivity index (χ0v) is 20.6. The lowest BCUT2D eigenvalue weighted by molar-refractivity contribution is -0.286. The number of fused-ring (bicyclic) bond motifs is 2. The number of alkyl halides is 2. The highest BCUT2D eigenvalue weighted by Gasteiger charge is 2.52. The van der Waals surface area contributed by atoms with Crippen molar-refractivity contribution in [1.29, 1.82) is 0 Å². The first-order valence-electron chi connectivity index (χ1n) is 12.1. The summed E-state index contributed by atoms with van der Waals surface area (Å²) in [5, 5.41) is 30.5. The molecule has 0 radical (unpaired) electrons. The molecule has 1 aromatic heterocycles. The number of hydrogen-bond acceptors (Lipinski definition) is 6. The second kappa shape index (κ2) is 8.56. The first kappa shape index (κ1) is 25.2. The zero-order chi connectivity index (χ0) is 26.8. The van der Waals surface area contributed by atoms with Gasteiger partial charge in [-0.1, -0.05) is 18.7 Å². The minimum atomic E-state index is -3.71. The average molecular weight is 514 g/mol. The van der Waals surface area contributed by atoms with Crippen molar-refractivity contribution in [3.63, 3.8) is 0 Å². The minimum Gasteiger partial charge on any atom is -0.512 e. The van der Waals surface area contributed by atoms with E-state index >= 15 is 0 Å². The monoisotopic (exact) mass is 513 g/mol. The molecule has 2 heterocycles. The molecule has 0 spiro atoms. The van der Waals surface area contributed by atoms with Gasteiger partial charge in [-0.05, 0) is 68.1 Å². The second-order valence-electron chi connectivity index (χ2n) is 10.5. The molecule has 2 aliphatic rings. The van der Waals surface area contributed by atoms with E-state index in [0.717, 1.165) is 16.5 Å². The molecular formula is C28H29F2NO6. The van der Waals surface area contributed by atoms with Gasteiger partial charge in [0.15, 0.2) is 11.5 Å². The number of nitrogens with zero attached hydrogens (tertiary/aromatic N) is 1. The molecule has 1 aliphatic heterocycles. The largest absolute Gasteiger partial charge is 0.586 e. The number of ether oxygens (including phenoxy) is 2. The zero-order valence-electron chi connectivity index (χ0n) is 20.6. The van der Waals surface area contributed by atoms with Crippen LogP contribution in [0.4, 0.5) is 8.78 Å². The van der Waals surface area contributed by atoms with Gasteiger partial charge >= 0.3 is 6.29 Å². The number of aliphatic hydroxyl groups is 3. The van der Waals surface area contributed by atoms with Crippen LogP contribution in [0.5, 0.6) is 11.5 Å². The van der Waals surface area contributed by atoms with Crippen LogP contribution >= 0.6 is 0 Å². The molecule has 1 aliphatic carbocycles. The number of rotatable bonds is 9. The standard InChI is InChI=1S/C28H29F2NO6/c1-16(33)26(2,3)24-12-18-10-17(4-6-21(18)31(24)14-20(34)15-32)11-25(35)27(8-9-27)19-5-7-22-23(13-19)37-28(29,30)36-22/h4-7,10,12-13,20,32-34H,1,8-9,11,14-15H2,2-3H3. The Bertz CT molecular complexity index is 1410. The maximum absolute atomic E-state index is 13.4. The van der Waals surface area contributed by atoms with E-state index in [0.29, 0.717) is 24.1 Å². The maximum Gasteiger partial charge on any atom is 0.586 e. The van der Waals surface area contributed by atoms with Crippen LogP contribution < -0.4 is 9.47 Å². The number of Topliss-reactive ketones (excluding diaryl/α,β-unsaturated/α-hetero) is 1. The smallest absolute Gasteiger partial charge is 0.512 e. The van der Waals surface area contributed by atoms with Crippen LogP contribution in [0.15, 0.2) is 54.8 Å². The SMILES string of the molecule is C=C(O)C(C)(C)c1cc2cc(CC(=O)C3(c4ccc5c(c4)OC(F)(F)O5)CC3)ccc2n1CC(O)CO. The summed E-state index contributed by atoms with van der Waals surface area (Å²) in [5.41, 5.74) is 1.34. The fourth-order valence-electron chi connectivity index (χ4n) is 5.02. The number of allylic oxidation sites excluding steroid dienone is 1. The van der Waals surface area contributed by atoms with Crippen molar-refractivity contribution < 1.29 is 38.4 Å². The molecule has 3 N–H and O–H groups in total. The van der Waals surface area contributed by atoms with Gasteiger partial charge in [0.1, 0.15) is 5.78 Å². The Labute approximate surface area is 212 Å². The van der Waals surface area contributed by atoms with Crippen molar-refractivity contribution in [1.82, 2.24) is 4.57 Å². The fraction of sp³-hybridized carbons (Fsp3) is 0.393. The predicted octanol–water partition coefficient (Wildman–Crippen LogP) is 4.51. The summed E-state index contributed by atoms with van der Waals surface area (Å²) in [6, 6.07) is 12.0. The van der Waals surface area contributed by atoms with Crippen molar-refractivity contribution in [3.8, 4) is 11.5 Å². The minimum absolute atomic E-state index is 0.0168. The molecule has 9 heteroatoms. The summed E-state index contributed by atoms with van der Waals surface area (Å²) in [6.45, 7) is 7.03. The molecular weight excluding hydrogens is 484 g/mol. The van der Waals surface area contributed by atoms with Gasteiger partial charge in [0.2, 0.25) is 0 Å². The van der Waals surface area contributed by atoms with Crippen LogP contribution in [0, 0.1) is 0 Å². The third-order valence-electron chi connectivity index (χ3n) is 7.53. The van der Waals surface area contributed by atoms with Crippen LogP contribution in [0.25, 0.3) is 10.9 Å². The summed E-state index contributed by atoms with van der Waals surface area (Å²) in [6.07, 6.45) is -3.31. The van der Waals surface area contributed by atoms with Crippen molar-refractivity contribution >= 4 is 16.7 Å². The Morgan fingerprint density at radius 1 is 1.14 bits per heavy atom. The summed E-state index contributed by atoms with van der Waals surface area (Å²) >= 11 is 0. The van der Waals surface area contributed by atoms with E-state index < -0.39 is 29.8 Å². The van der Waals surface area contributed by atoms with Gasteiger partial charge in [0, 0.05) is 23.0 Å². The molecule has 2 aromatic carbocycles. The van der Waals surface area contributed by atoms with Crippen molar-refractivity contribution in [3.05, 3.63) is 71.6 Å². The number of aromatic nitrogens is 1. The Morgan fingerprint density at radius 2 is 1.84 bits per heavy atom. The number of carbonyl (C=O) groups is 1. The van der Waals surface area contributed by atoms with Gasteiger partial charge in [0.05, 0.1) is 35.8 Å². The summed E-state index contributed by atoms with van der Waals surface area (Å²) < 4.78 is 37.7. The van der Waals surface area contributed by atoms with Crippen LogP contribution in [-0.2, 0) is 28.6 Å². The molecule has 1 atom stereocenters. The van der Waals surface area contributed by atoms with Gasteiger partial charge in [-0.15, -0.1) is 8.78 Å². The van der Waals surface area contributed by atoms with Gasteiger partial charge in [-0.25, -0.2) is 0 Å². The molecule has 1 fully saturated rings. The summed E-state index contributed by atoms with van der Waals surface area (Å²) in [5.74, 6) is -0.183. The lowest BCUT2D eigenvalue weighted by Crippen LogP contribution is -2.28. The third kappa shape index (κ3) is 4.36. The molecule has 0 amide bonds. The highest BCUT2D eigenvalue weighted by Crippen LogP contribution is 2.52. The molecule has 3 aromatic rings. The first-order valence-corrected chi connectivity index (χ1v) is 12.1. The lowest BCUT2D eigenvalue weighted by Gasteiger charge is -2.26.